The highest BCUT2D eigenvalue weighted by Gasteiger charge is 2.30. The second-order valence-electron chi connectivity index (χ2n) is 25.3. The van der Waals surface area contributed by atoms with Crippen molar-refractivity contribution in [2.45, 2.75) is 337 Å². The first kappa shape index (κ1) is 83.1. The zero-order chi connectivity index (χ0) is 63.2. The van der Waals surface area contributed by atoms with Crippen LogP contribution in [0.5, 0.6) is 0 Å². The third-order valence-corrected chi connectivity index (χ3v) is 17.7. The molecule has 0 aliphatic rings. The van der Waals surface area contributed by atoms with E-state index in [9.17, 15) is 43.2 Å². The Kier molecular flexibility index (Phi) is 54.8. The summed E-state index contributed by atoms with van der Waals surface area (Å²) in [5.74, 6) is 0.821. The second-order valence-corrected chi connectivity index (χ2v) is 28.2. The highest BCUT2D eigenvalue weighted by Crippen LogP contribution is 2.45. The van der Waals surface area contributed by atoms with E-state index in [1.54, 1.807) is 0 Å². The summed E-state index contributed by atoms with van der Waals surface area (Å²) in [7, 11) is -9.89. The molecule has 0 aliphatic heterocycles. The fourth-order valence-corrected chi connectivity index (χ4v) is 11.3. The molecule has 0 rings (SSSR count). The standard InChI is InChI=1S/C66H128O17P2/c1-9-58(7)44-36-28-20-15-17-23-32-40-48-65(70)82-61(52-76-63(68)46-38-30-21-13-11-12-18-26-34-42-56(3)4)54-80-84(72,73)78-50-60(67)51-79-85(74,75)81-55-62(83-66(71)49-41-33-25-24-29-37-45-59(8)10-2)53-77-64(69)47-39-31-22-16-14-19-27-35-43-57(5)6/h56-62,67H,9-55H2,1-8H3,(H,72,73)(H,74,75)/t58?,59?,60?,61-,62-/m1/s1. The maximum atomic E-state index is 13.0. The lowest BCUT2D eigenvalue weighted by Crippen LogP contribution is -2.30. The number of hydrogen-bond acceptors (Lipinski definition) is 15. The molecule has 85 heavy (non-hydrogen) atoms. The molecule has 0 aromatic heterocycles. The Bertz CT molecular complexity index is 1700. The highest BCUT2D eigenvalue weighted by atomic mass is 31.2. The van der Waals surface area contributed by atoms with Crippen LogP contribution >= 0.6 is 15.6 Å². The summed E-state index contributed by atoms with van der Waals surface area (Å²) in [5, 5.41) is 10.6. The van der Waals surface area contributed by atoms with Crippen LogP contribution in [0.25, 0.3) is 0 Å². The predicted molar refractivity (Wildman–Crippen MR) is 340 cm³/mol. The van der Waals surface area contributed by atoms with Crippen LogP contribution in [0.4, 0.5) is 0 Å². The van der Waals surface area contributed by atoms with Crippen LogP contribution < -0.4 is 0 Å². The molecule has 5 unspecified atom stereocenters. The highest BCUT2D eigenvalue weighted by molar-refractivity contribution is 7.47. The number of unbranched alkanes of at least 4 members (excludes halogenated alkanes) is 27. The van der Waals surface area contributed by atoms with Crippen LogP contribution in [0.15, 0.2) is 0 Å². The van der Waals surface area contributed by atoms with Gasteiger partial charge < -0.3 is 33.8 Å². The summed E-state index contributed by atoms with van der Waals surface area (Å²) in [6.45, 7) is 14.0. The minimum atomic E-state index is -4.95. The number of carbonyl (C=O) groups is 4. The van der Waals surface area contributed by atoms with Gasteiger partial charge in [-0.2, -0.15) is 0 Å². The van der Waals surface area contributed by atoms with Gasteiger partial charge in [-0.3, -0.25) is 37.3 Å². The lowest BCUT2D eigenvalue weighted by Gasteiger charge is -2.21. The first-order valence-corrected chi connectivity index (χ1v) is 37.3. The van der Waals surface area contributed by atoms with E-state index >= 15 is 0 Å². The maximum Gasteiger partial charge on any atom is 0.472 e. The van der Waals surface area contributed by atoms with Gasteiger partial charge in [0.25, 0.3) is 0 Å². The summed E-state index contributed by atoms with van der Waals surface area (Å²) >= 11 is 0. The van der Waals surface area contributed by atoms with Crippen LogP contribution in [0, 0.1) is 23.7 Å². The zero-order valence-electron chi connectivity index (χ0n) is 55.2. The average Bonchev–Trinajstić information content (AvgIpc) is 3.49. The molecule has 19 heteroatoms. The number of phosphoric acid groups is 2. The number of hydrogen-bond donors (Lipinski definition) is 3. The maximum absolute atomic E-state index is 13.0. The van der Waals surface area contributed by atoms with Gasteiger partial charge in [0.15, 0.2) is 12.2 Å². The Labute approximate surface area is 517 Å². The predicted octanol–water partition coefficient (Wildman–Crippen LogP) is 18.1. The lowest BCUT2D eigenvalue weighted by atomic mass is 9.99. The molecule has 0 heterocycles. The summed E-state index contributed by atoms with van der Waals surface area (Å²) in [6.07, 6.45) is 36.2. The number of phosphoric ester groups is 2. The van der Waals surface area contributed by atoms with Crippen molar-refractivity contribution in [3.05, 3.63) is 0 Å². The Morgan fingerprint density at radius 1 is 0.329 bits per heavy atom. The van der Waals surface area contributed by atoms with Gasteiger partial charge in [-0.05, 0) is 49.4 Å². The fraction of sp³-hybridized carbons (Fsp3) is 0.939. The molecular formula is C66H128O17P2. The third kappa shape index (κ3) is 58.2. The molecule has 0 aromatic rings. The van der Waals surface area contributed by atoms with Crippen LogP contribution in [-0.2, 0) is 65.4 Å². The number of carbonyl (C=O) groups excluding carboxylic acids is 4. The fourth-order valence-electron chi connectivity index (χ4n) is 9.72. The molecule has 0 aromatic carbocycles. The summed E-state index contributed by atoms with van der Waals surface area (Å²) in [5.41, 5.74) is 0. The van der Waals surface area contributed by atoms with Crippen molar-refractivity contribution >= 4 is 39.5 Å². The number of ether oxygens (including phenoxy) is 4. The van der Waals surface area contributed by atoms with Gasteiger partial charge >= 0.3 is 39.5 Å². The molecule has 3 N–H and O–H groups in total. The number of aliphatic hydroxyl groups is 1. The molecule has 0 spiro atoms. The van der Waals surface area contributed by atoms with E-state index in [0.717, 1.165) is 114 Å². The third-order valence-electron chi connectivity index (χ3n) is 15.8. The largest absolute Gasteiger partial charge is 0.472 e. The number of aliphatic hydroxyl groups excluding tert-OH is 1. The van der Waals surface area contributed by atoms with Crippen molar-refractivity contribution in [1.82, 2.24) is 0 Å². The van der Waals surface area contributed by atoms with Crippen molar-refractivity contribution < 1.29 is 80.2 Å². The topological polar surface area (TPSA) is 237 Å². The summed E-state index contributed by atoms with van der Waals surface area (Å²) < 4.78 is 68.1. The average molecular weight is 1260 g/mol. The number of esters is 4. The Morgan fingerprint density at radius 2 is 0.565 bits per heavy atom. The molecule has 504 valence electrons. The first-order chi connectivity index (χ1) is 40.7. The summed E-state index contributed by atoms with van der Waals surface area (Å²) in [6, 6.07) is 0. The van der Waals surface area contributed by atoms with E-state index in [-0.39, 0.29) is 25.7 Å². The van der Waals surface area contributed by atoms with Gasteiger partial charge in [0.1, 0.15) is 19.3 Å². The quantitative estimate of drug-likeness (QED) is 0.0222. The first-order valence-electron chi connectivity index (χ1n) is 34.3. The lowest BCUT2D eigenvalue weighted by molar-refractivity contribution is -0.161. The van der Waals surface area contributed by atoms with Gasteiger partial charge in [0.2, 0.25) is 0 Å². The Balaban J connectivity index is 5.27. The zero-order valence-corrected chi connectivity index (χ0v) is 57.0. The van der Waals surface area contributed by atoms with Gasteiger partial charge in [0, 0.05) is 25.7 Å². The monoisotopic (exact) mass is 1250 g/mol. The van der Waals surface area contributed by atoms with Crippen molar-refractivity contribution in [3.8, 4) is 0 Å². The van der Waals surface area contributed by atoms with E-state index in [0.29, 0.717) is 25.7 Å². The Hall–Kier alpha value is -1.94. The molecule has 0 saturated heterocycles. The van der Waals surface area contributed by atoms with Crippen LogP contribution in [0.2, 0.25) is 0 Å². The van der Waals surface area contributed by atoms with Crippen molar-refractivity contribution in [2.75, 3.05) is 39.6 Å². The van der Waals surface area contributed by atoms with E-state index in [1.807, 2.05) is 0 Å². The molecule has 0 radical (unpaired) electrons. The van der Waals surface area contributed by atoms with E-state index in [2.05, 4.69) is 55.4 Å². The molecule has 0 fully saturated rings. The molecule has 17 nitrogen and oxygen atoms in total. The minimum absolute atomic E-state index is 0.102. The normalized spacial score (nSPS) is 15.0. The SMILES string of the molecule is CCC(C)CCCCCCCCCCC(=O)O[C@H](COC(=O)CCCCCCCCCCCC(C)C)COP(=O)(O)OCC(O)COP(=O)(O)OC[C@@H](COC(=O)CCCCCCCCCCC(C)C)OC(=O)CCCCCCCCC(C)CC. The summed E-state index contributed by atoms with van der Waals surface area (Å²) in [4.78, 5) is 72.3. The Morgan fingerprint density at radius 3 is 0.835 bits per heavy atom. The number of rotatable bonds is 63. The van der Waals surface area contributed by atoms with Crippen molar-refractivity contribution in [2.24, 2.45) is 23.7 Å². The molecule has 0 saturated carbocycles. The van der Waals surface area contributed by atoms with Gasteiger partial charge in [-0.1, -0.05) is 267 Å². The minimum Gasteiger partial charge on any atom is -0.462 e. The van der Waals surface area contributed by atoms with Crippen LogP contribution in [0.1, 0.15) is 319 Å². The van der Waals surface area contributed by atoms with Crippen molar-refractivity contribution in [3.63, 3.8) is 0 Å². The van der Waals surface area contributed by atoms with E-state index in [1.165, 1.54) is 122 Å². The van der Waals surface area contributed by atoms with Crippen LogP contribution in [-0.4, -0.2) is 96.7 Å². The molecule has 0 amide bonds. The smallest absolute Gasteiger partial charge is 0.462 e. The van der Waals surface area contributed by atoms with Gasteiger partial charge in [-0.25, -0.2) is 9.13 Å². The molecule has 0 bridgehead atoms. The van der Waals surface area contributed by atoms with Gasteiger partial charge in [0.05, 0.1) is 26.4 Å². The van der Waals surface area contributed by atoms with Crippen molar-refractivity contribution in [1.29, 1.82) is 0 Å². The molecule has 7 atom stereocenters. The van der Waals surface area contributed by atoms with Gasteiger partial charge in [-0.15, -0.1) is 0 Å². The second kappa shape index (κ2) is 56.1. The molecule has 0 aliphatic carbocycles. The van der Waals surface area contributed by atoms with E-state index in [4.69, 9.17) is 37.0 Å². The van der Waals surface area contributed by atoms with Crippen LogP contribution in [0.3, 0.4) is 0 Å². The molecular weight excluding hydrogens is 1130 g/mol. The van der Waals surface area contributed by atoms with E-state index < -0.39 is 97.5 Å².